The number of benzene rings is 2. The minimum Gasteiger partial charge on any atom is -0.497 e. The first kappa shape index (κ1) is 13.5. The molecule has 0 radical (unpaired) electrons. The lowest BCUT2D eigenvalue weighted by atomic mass is 10.1. The fraction of sp³-hybridized carbons (Fsp3) is 0.235. The van der Waals surface area contributed by atoms with E-state index in [1.165, 1.54) is 0 Å². The predicted molar refractivity (Wildman–Crippen MR) is 80.7 cm³/mol. The van der Waals surface area contributed by atoms with E-state index in [4.69, 9.17) is 9.47 Å². The molecule has 0 aliphatic carbocycles. The third-order valence-corrected chi connectivity index (χ3v) is 3.60. The number of carbonyl (C=O) groups is 1. The van der Waals surface area contributed by atoms with Crippen LogP contribution in [0.3, 0.4) is 0 Å². The summed E-state index contributed by atoms with van der Waals surface area (Å²) in [5.74, 6) is 1.50. The Bertz CT molecular complexity index is 651. The summed E-state index contributed by atoms with van der Waals surface area (Å²) >= 11 is 0. The van der Waals surface area contributed by atoms with Crippen LogP contribution in [0.4, 0.5) is 5.69 Å². The average Bonchev–Trinajstić information content (AvgIpc) is 2.65. The van der Waals surface area contributed by atoms with E-state index in [9.17, 15) is 4.79 Å². The zero-order chi connectivity index (χ0) is 14.8. The Kier molecular flexibility index (Phi) is 3.52. The Labute approximate surface area is 123 Å². The first-order valence-corrected chi connectivity index (χ1v) is 6.89. The molecule has 0 aromatic heterocycles. The summed E-state index contributed by atoms with van der Waals surface area (Å²) in [6, 6.07) is 15.2. The van der Waals surface area contributed by atoms with Crippen molar-refractivity contribution in [2.75, 3.05) is 12.0 Å². The zero-order valence-corrected chi connectivity index (χ0v) is 12.1. The molecule has 3 rings (SSSR count). The largest absolute Gasteiger partial charge is 0.497 e. The van der Waals surface area contributed by atoms with Crippen LogP contribution in [0.15, 0.2) is 48.5 Å². The van der Waals surface area contributed by atoms with Gasteiger partial charge in [0.2, 0.25) is 0 Å². The molecule has 2 aromatic carbocycles. The maximum absolute atomic E-state index is 12.5. The van der Waals surface area contributed by atoms with Crippen LogP contribution in [-0.4, -0.2) is 19.1 Å². The van der Waals surface area contributed by atoms with Gasteiger partial charge in [0, 0.05) is 11.3 Å². The molecule has 0 spiro atoms. The molecule has 4 heteroatoms. The highest BCUT2D eigenvalue weighted by molar-refractivity contribution is 5.97. The molecule has 0 saturated heterocycles. The SMILES string of the molecule is COc1ccc(N2Cc3ccccc3OC(C)C2=O)cc1. The Morgan fingerprint density at radius 2 is 1.86 bits per heavy atom. The summed E-state index contributed by atoms with van der Waals surface area (Å²) < 4.78 is 10.9. The van der Waals surface area contributed by atoms with Crippen LogP contribution in [-0.2, 0) is 11.3 Å². The fourth-order valence-electron chi connectivity index (χ4n) is 2.44. The van der Waals surface area contributed by atoms with Crippen LogP contribution >= 0.6 is 0 Å². The number of nitrogens with zero attached hydrogens (tertiary/aromatic N) is 1. The van der Waals surface area contributed by atoms with Gasteiger partial charge in [0.1, 0.15) is 11.5 Å². The minimum absolute atomic E-state index is 0.0450. The monoisotopic (exact) mass is 283 g/mol. The van der Waals surface area contributed by atoms with Crippen LogP contribution in [0.25, 0.3) is 0 Å². The van der Waals surface area contributed by atoms with Crippen LogP contribution in [0.2, 0.25) is 0 Å². The lowest BCUT2D eigenvalue weighted by Gasteiger charge is -2.22. The third-order valence-electron chi connectivity index (χ3n) is 3.60. The maximum atomic E-state index is 12.5. The van der Waals surface area contributed by atoms with Crippen LogP contribution in [0.5, 0.6) is 11.5 Å². The van der Waals surface area contributed by atoms with Gasteiger partial charge in [-0.3, -0.25) is 4.79 Å². The standard InChI is InChI=1S/C17H17NO3/c1-12-17(19)18(14-7-9-15(20-2)10-8-14)11-13-5-3-4-6-16(13)21-12/h3-10,12H,11H2,1-2H3. The highest BCUT2D eigenvalue weighted by Gasteiger charge is 2.28. The van der Waals surface area contributed by atoms with Gasteiger partial charge in [0.05, 0.1) is 13.7 Å². The van der Waals surface area contributed by atoms with Crippen molar-refractivity contribution in [2.45, 2.75) is 19.6 Å². The Hall–Kier alpha value is -2.49. The summed E-state index contributed by atoms with van der Waals surface area (Å²) in [5, 5.41) is 0. The van der Waals surface area contributed by atoms with Crippen molar-refractivity contribution in [3.8, 4) is 11.5 Å². The second kappa shape index (κ2) is 5.48. The van der Waals surface area contributed by atoms with E-state index in [1.807, 2.05) is 48.5 Å². The smallest absolute Gasteiger partial charge is 0.268 e. The van der Waals surface area contributed by atoms with E-state index in [2.05, 4.69) is 0 Å². The normalized spacial score (nSPS) is 17.7. The molecule has 1 aliphatic heterocycles. The number of carbonyl (C=O) groups excluding carboxylic acids is 1. The summed E-state index contributed by atoms with van der Waals surface area (Å²) in [4.78, 5) is 14.3. The van der Waals surface area contributed by atoms with E-state index in [0.29, 0.717) is 6.54 Å². The molecule has 1 atom stereocenters. The van der Waals surface area contributed by atoms with Gasteiger partial charge < -0.3 is 14.4 Å². The number of rotatable bonds is 2. The van der Waals surface area contributed by atoms with Gasteiger partial charge in [-0.25, -0.2) is 0 Å². The predicted octanol–water partition coefficient (Wildman–Crippen LogP) is 3.01. The van der Waals surface area contributed by atoms with E-state index in [0.717, 1.165) is 22.7 Å². The molecule has 108 valence electrons. The maximum Gasteiger partial charge on any atom is 0.268 e. The second-order valence-electron chi connectivity index (χ2n) is 4.99. The van der Waals surface area contributed by atoms with Gasteiger partial charge in [-0.15, -0.1) is 0 Å². The Balaban J connectivity index is 1.98. The number of ether oxygens (including phenoxy) is 2. The molecular weight excluding hydrogens is 266 g/mol. The van der Waals surface area contributed by atoms with Crippen molar-refractivity contribution in [1.29, 1.82) is 0 Å². The van der Waals surface area contributed by atoms with Gasteiger partial charge in [-0.2, -0.15) is 0 Å². The number of amides is 1. The lowest BCUT2D eigenvalue weighted by molar-refractivity contribution is -0.124. The third kappa shape index (κ3) is 2.57. The van der Waals surface area contributed by atoms with Gasteiger partial charge in [0.15, 0.2) is 6.10 Å². The van der Waals surface area contributed by atoms with E-state index < -0.39 is 6.10 Å². The van der Waals surface area contributed by atoms with Crippen LogP contribution in [0.1, 0.15) is 12.5 Å². The summed E-state index contributed by atoms with van der Waals surface area (Å²) in [5.41, 5.74) is 1.85. The first-order valence-electron chi connectivity index (χ1n) is 6.89. The number of hydrogen-bond acceptors (Lipinski definition) is 3. The zero-order valence-electron chi connectivity index (χ0n) is 12.1. The van der Waals surface area contributed by atoms with Crippen LogP contribution < -0.4 is 14.4 Å². The molecule has 0 saturated carbocycles. The molecule has 0 bridgehead atoms. The average molecular weight is 283 g/mol. The number of methoxy groups -OCH3 is 1. The van der Waals surface area contributed by atoms with Crippen molar-refractivity contribution in [2.24, 2.45) is 0 Å². The van der Waals surface area contributed by atoms with Gasteiger partial charge in [0.25, 0.3) is 5.91 Å². The van der Waals surface area contributed by atoms with Gasteiger partial charge in [-0.05, 0) is 37.3 Å². The molecule has 0 fully saturated rings. The lowest BCUT2D eigenvalue weighted by Crippen LogP contribution is -2.37. The van der Waals surface area contributed by atoms with Crippen molar-refractivity contribution in [1.82, 2.24) is 0 Å². The summed E-state index contributed by atoms with van der Waals surface area (Å²) in [6.45, 7) is 2.28. The fourth-order valence-corrected chi connectivity index (χ4v) is 2.44. The van der Waals surface area contributed by atoms with Crippen molar-refractivity contribution in [3.05, 3.63) is 54.1 Å². The molecule has 0 N–H and O–H groups in total. The number of para-hydroxylation sites is 1. The van der Waals surface area contributed by atoms with E-state index >= 15 is 0 Å². The highest BCUT2D eigenvalue weighted by Crippen LogP contribution is 2.29. The summed E-state index contributed by atoms with van der Waals surface area (Å²) in [6.07, 6.45) is -0.504. The van der Waals surface area contributed by atoms with Crippen molar-refractivity contribution in [3.63, 3.8) is 0 Å². The van der Waals surface area contributed by atoms with Crippen LogP contribution in [0, 0.1) is 0 Å². The Morgan fingerprint density at radius 3 is 2.57 bits per heavy atom. The molecule has 1 amide bonds. The molecule has 4 nitrogen and oxygen atoms in total. The first-order chi connectivity index (χ1) is 10.2. The Morgan fingerprint density at radius 1 is 1.14 bits per heavy atom. The molecule has 1 unspecified atom stereocenters. The number of fused-ring (bicyclic) bond motifs is 1. The molecule has 2 aromatic rings. The summed E-state index contributed by atoms with van der Waals surface area (Å²) in [7, 11) is 1.62. The topological polar surface area (TPSA) is 38.8 Å². The van der Waals surface area contributed by atoms with Gasteiger partial charge >= 0.3 is 0 Å². The molecule has 21 heavy (non-hydrogen) atoms. The molecule has 1 aliphatic rings. The number of hydrogen-bond donors (Lipinski definition) is 0. The minimum atomic E-state index is -0.504. The number of anilines is 1. The highest BCUT2D eigenvalue weighted by atomic mass is 16.5. The molecular formula is C17H17NO3. The quantitative estimate of drug-likeness (QED) is 0.850. The molecule has 1 heterocycles. The van der Waals surface area contributed by atoms with Crippen molar-refractivity contribution >= 4 is 11.6 Å². The second-order valence-corrected chi connectivity index (χ2v) is 4.99. The van der Waals surface area contributed by atoms with Crippen molar-refractivity contribution < 1.29 is 14.3 Å². The van der Waals surface area contributed by atoms with E-state index in [-0.39, 0.29) is 5.91 Å². The van der Waals surface area contributed by atoms with E-state index in [1.54, 1.807) is 18.9 Å². The van der Waals surface area contributed by atoms with Gasteiger partial charge in [-0.1, -0.05) is 18.2 Å².